The Morgan fingerprint density at radius 3 is 2.68 bits per heavy atom. The number of anilines is 1. The zero-order valence-electron chi connectivity index (χ0n) is 24.8. The van der Waals surface area contributed by atoms with Gasteiger partial charge in [-0.25, -0.2) is 18.6 Å². The average Bonchev–Trinajstić information content (AvgIpc) is 3.47. The fraction of sp³-hybridized carbons (Fsp3) is 0.303. The second kappa shape index (κ2) is 11.2. The largest absolute Gasteiger partial charge is 0.464 e. The van der Waals surface area contributed by atoms with Crippen molar-refractivity contribution in [2.24, 2.45) is 0 Å². The smallest absolute Gasteiger partial charge is 0.351 e. The molecule has 0 N–H and O–H groups in total. The molecular weight excluding hydrogens is 566 g/mol. The maximum absolute atomic E-state index is 16.1. The van der Waals surface area contributed by atoms with E-state index < -0.39 is 23.2 Å². The van der Waals surface area contributed by atoms with Crippen molar-refractivity contribution in [3.63, 3.8) is 0 Å². The lowest BCUT2D eigenvalue weighted by molar-refractivity contribution is -0.125. The van der Waals surface area contributed by atoms with Gasteiger partial charge in [0.15, 0.2) is 5.82 Å². The van der Waals surface area contributed by atoms with Gasteiger partial charge < -0.3 is 14.2 Å². The minimum Gasteiger partial charge on any atom is -0.464 e. The van der Waals surface area contributed by atoms with Crippen LogP contribution in [0.5, 0.6) is 0 Å². The van der Waals surface area contributed by atoms with Crippen LogP contribution < -0.4 is 10.6 Å². The van der Waals surface area contributed by atoms with Crippen molar-refractivity contribution in [1.82, 2.24) is 24.4 Å². The van der Waals surface area contributed by atoms with Gasteiger partial charge in [-0.05, 0) is 67.1 Å². The molecule has 1 fully saturated rings. The molecule has 11 heteroatoms. The third kappa shape index (κ3) is 4.86. The van der Waals surface area contributed by atoms with E-state index in [4.69, 9.17) is 10.8 Å². The first kappa shape index (κ1) is 29.0. The lowest BCUT2D eigenvalue weighted by atomic mass is 9.99. The summed E-state index contributed by atoms with van der Waals surface area (Å²) in [4.78, 5) is 43.1. The van der Waals surface area contributed by atoms with Crippen molar-refractivity contribution < 1.29 is 18.0 Å². The topological polar surface area (TPSA) is 97.4 Å². The van der Waals surface area contributed by atoms with Gasteiger partial charge in [0.25, 0.3) is 5.91 Å². The van der Waals surface area contributed by atoms with Crippen LogP contribution >= 0.6 is 0 Å². The first-order valence-electron chi connectivity index (χ1n) is 14.3. The van der Waals surface area contributed by atoms with Crippen molar-refractivity contribution >= 4 is 33.7 Å². The summed E-state index contributed by atoms with van der Waals surface area (Å²) >= 11 is 0. The lowest BCUT2D eigenvalue weighted by Gasteiger charge is -2.40. The lowest BCUT2D eigenvalue weighted by Crippen LogP contribution is -2.54. The van der Waals surface area contributed by atoms with Crippen LogP contribution in [0.2, 0.25) is 0 Å². The third-order valence-corrected chi connectivity index (χ3v) is 8.19. The number of aromatic nitrogens is 4. The molecule has 0 bridgehead atoms. The van der Waals surface area contributed by atoms with E-state index >= 15 is 8.78 Å². The standard InChI is InChI=1S/C33H30F2N6O3/c1-6-26(42)39-12-13-40(20(5)16-39)32-22-15-25(35)29(27-24(34)8-7-21-10-14-44-30(21)27)37-31(22)41(33(43)38-32)17-23-19(4)9-11-36-28(23)18(2)3/h1,7-11,14-15,18,20H,12-13,16-17H2,2-5H3/t20-/m0/s1. The van der Waals surface area contributed by atoms with Crippen LogP contribution in [-0.4, -0.2) is 56.0 Å². The molecule has 9 nitrogen and oxygen atoms in total. The highest BCUT2D eigenvalue weighted by molar-refractivity contribution is 5.95. The van der Waals surface area contributed by atoms with Gasteiger partial charge in [-0.1, -0.05) is 13.8 Å². The SMILES string of the molecule is C#CC(=O)N1CCN(c2nc(=O)n(Cc3c(C)ccnc3C(C)C)c3nc(-c4c(F)ccc5ccoc45)c(F)cc23)[C@@H](C)C1. The summed E-state index contributed by atoms with van der Waals surface area (Å²) in [5, 5.41) is 0.852. The number of furan rings is 1. The predicted octanol–water partition coefficient (Wildman–Crippen LogP) is 5.03. The van der Waals surface area contributed by atoms with E-state index in [1.807, 2.05) is 38.7 Å². The molecule has 0 spiro atoms. The Morgan fingerprint density at radius 1 is 1.16 bits per heavy atom. The van der Waals surface area contributed by atoms with Gasteiger partial charge in [0.2, 0.25) is 0 Å². The van der Waals surface area contributed by atoms with Crippen molar-refractivity contribution in [2.45, 2.75) is 46.2 Å². The molecule has 0 radical (unpaired) electrons. The second-order valence-corrected chi connectivity index (χ2v) is 11.3. The molecule has 5 heterocycles. The molecule has 4 aromatic heterocycles. The van der Waals surface area contributed by atoms with Gasteiger partial charge in [-0.15, -0.1) is 6.42 Å². The van der Waals surface area contributed by atoms with Crippen molar-refractivity contribution in [2.75, 3.05) is 24.5 Å². The predicted molar refractivity (Wildman–Crippen MR) is 163 cm³/mol. The number of benzene rings is 1. The van der Waals surface area contributed by atoms with Crippen molar-refractivity contribution in [3.8, 4) is 23.6 Å². The van der Waals surface area contributed by atoms with Gasteiger partial charge in [0, 0.05) is 43.0 Å². The summed E-state index contributed by atoms with van der Waals surface area (Å²) in [5.41, 5.74) is 1.79. The Balaban J connectivity index is 1.60. The van der Waals surface area contributed by atoms with Gasteiger partial charge in [0.05, 0.1) is 23.8 Å². The van der Waals surface area contributed by atoms with Crippen LogP contribution in [0.4, 0.5) is 14.6 Å². The second-order valence-electron chi connectivity index (χ2n) is 11.3. The molecule has 5 aromatic rings. The Hall–Kier alpha value is -5.11. The molecule has 0 unspecified atom stereocenters. The number of rotatable bonds is 5. The Kier molecular flexibility index (Phi) is 7.37. The number of hydrogen-bond acceptors (Lipinski definition) is 7. The minimum atomic E-state index is -0.803. The highest BCUT2D eigenvalue weighted by Gasteiger charge is 2.30. The fourth-order valence-corrected chi connectivity index (χ4v) is 5.94. The molecule has 0 saturated carbocycles. The molecule has 1 amide bonds. The molecule has 1 aliphatic heterocycles. The van der Waals surface area contributed by atoms with Gasteiger partial charge in [0.1, 0.15) is 28.6 Å². The van der Waals surface area contributed by atoms with E-state index in [9.17, 15) is 9.59 Å². The number of halogens is 2. The summed E-state index contributed by atoms with van der Waals surface area (Å²) in [6, 6.07) is 7.23. The van der Waals surface area contributed by atoms with Gasteiger partial charge in [-0.3, -0.25) is 14.3 Å². The maximum Gasteiger partial charge on any atom is 0.351 e. The number of aryl methyl sites for hydroxylation is 1. The molecule has 1 aliphatic rings. The van der Waals surface area contributed by atoms with Crippen LogP contribution in [-0.2, 0) is 11.3 Å². The van der Waals surface area contributed by atoms with Crippen LogP contribution in [0.1, 0.15) is 43.5 Å². The summed E-state index contributed by atoms with van der Waals surface area (Å²) in [6.07, 6.45) is 8.45. The maximum atomic E-state index is 16.1. The molecular formula is C33H30F2N6O3. The van der Waals surface area contributed by atoms with E-state index in [1.54, 1.807) is 23.2 Å². The molecule has 6 rings (SSSR count). The zero-order chi connectivity index (χ0) is 31.3. The number of carbonyl (C=O) groups is 1. The number of carbonyl (C=O) groups excluding carboxylic acids is 1. The summed E-state index contributed by atoms with van der Waals surface area (Å²) in [5.74, 6) is 0.483. The molecule has 1 saturated heterocycles. The van der Waals surface area contributed by atoms with Crippen LogP contribution in [0.15, 0.2) is 52.0 Å². The van der Waals surface area contributed by atoms with Gasteiger partial charge in [-0.2, -0.15) is 4.98 Å². The number of pyridine rings is 2. The van der Waals surface area contributed by atoms with Crippen molar-refractivity contribution in [3.05, 3.63) is 81.7 Å². The van der Waals surface area contributed by atoms with E-state index in [2.05, 4.69) is 20.9 Å². The zero-order valence-corrected chi connectivity index (χ0v) is 24.8. The van der Waals surface area contributed by atoms with E-state index in [0.717, 1.165) is 16.8 Å². The number of fused-ring (bicyclic) bond motifs is 2. The van der Waals surface area contributed by atoms with Crippen LogP contribution in [0.3, 0.4) is 0 Å². The van der Waals surface area contributed by atoms with Gasteiger partial charge >= 0.3 is 5.69 Å². The van der Waals surface area contributed by atoms with E-state index in [1.165, 1.54) is 23.0 Å². The number of terminal acetylenes is 1. The van der Waals surface area contributed by atoms with E-state index in [0.29, 0.717) is 25.0 Å². The van der Waals surface area contributed by atoms with Crippen LogP contribution in [0.25, 0.3) is 33.3 Å². The third-order valence-electron chi connectivity index (χ3n) is 8.19. The highest BCUT2D eigenvalue weighted by Crippen LogP contribution is 2.36. The summed E-state index contributed by atoms with van der Waals surface area (Å²) < 4.78 is 38.3. The summed E-state index contributed by atoms with van der Waals surface area (Å²) in [7, 11) is 0. The first-order chi connectivity index (χ1) is 21.1. The quantitative estimate of drug-likeness (QED) is 0.263. The normalized spacial score (nSPS) is 15.4. The minimum absolute atomic E-state index is 0.0635. The van der Waals surface area contributed by atoms with Crippen LogP contribution in [0, 0.1) is 30.9 Å². The Labute approximate surface area is 252 Å². The number of piperazine rings is 1. The highest BCUT2D eigenvalue weighted by atomic mass is 19.1. The number of hydrogen-bond donors (Lipinski definition) is 0. The fourth-order valence-electron chi connectivity index (χ4n) is 5.94. The molecule has 1 atom stereocenters. The molecule has 224 valence electrons. The van der Waals surface area contributed by atoms with Crippen molar-refractivity contribution in [1.29, 1.82) is 0 Å². The Morgan fingerprint density at radius 2 is 1.95 bits per heavy atom. The monoisotopic (exact) mass is 596 g/mol. The molecule has 44 heavy (non-hydrogen) atoms. The van der Waals surface area contributed by atoms with E-state index in [-0.39, 0.29) is 52.2 Å². The average molecular weight is 597 g/mol. The number of nitrogens with zero attached hydrogens (tertiary/aromatic N) is 6. The molecule has 1 aromatic carbocycles. The number of amides is 1. The first-order valence-corrected chi connectivity index (χ1v) is 14.3. The Bertz CT molecular complexity index is 2040. The molecule has 0 aliphatic carbocycles. The summed E-state index contributed by atoms with van der Waals surface area (Å²) in [6.45, 7) is 8.80.